The summed E-state index contributed by atoms with van der Waals surface area (Å²) in [5.74, 6) is 0.0564. The molecule has 0 fully saturated rings. The third kappa shape index (κ3) is 2.98. The van der Waals surface area contributed by atoms with Crippen LogP contribution in [0.4, 0.5) is 0 Å². The van der Waals surface area contributed by atoms with Gasteiger partial charge < -0.3 is 0 Å². The van der Waals surface area contributed by atoms with Crippen molar-refractivity contribution in [2.75, 3.05) is 12.4 Å². The number of rotatable bonds is 3. The van der Waals surface area contributed by atoms with Crippen LogP contribution in [0.15, 0.2) is 0 Å². The van der Waals surface area contributed by atoms with E-state index in [0.29, 0.717) is 0 Å². The van der Waals surface area contributed by atoms with Gasteiger partial charge in [0.1, 0.15) is 0 Å². The zero-order valence-electron chi connectivity index (χ0n) is 5.05. The molecule has 0 aliphatic carbocycles. The Balaban J connectivity index is 3.76. The van der Waals surface area contributed by atoms with E-state index >= 15 is 0 Å². The summed E-state index contributed by atoms with van der Waals surface area (Å²) in [5.41, 5.74) is 0. The molecule has 0 rings (SSSR count). The first kappa shape index (κ1) is 7.91. The van der Waals surface area contributed by atoms with Crippen molar-refractivity contribution in [3.8, 4) is 0 Å². The van der Waals surface area contributed by atoms with Gasteiger partial charge in [0.15, 0.2) is 0 Å². The van der Waals surface area contributed by atoms with E-state index in [4.69, 9.17) is 0 Å². The highest BCUT2D eigenvalue weighted by Gasteiger charge is 2.02. The fourth-order valence-electron chi connectivity index (χ4n) is 0.263. The molecule has 0 aliphatic rings. The van der Waals surface area contributed by atoms with Gasteiger partial charge in [0.05, 0.1) is 12.4 Å². The van der Waals surface area contributed by atoms with E-state index in [2.05, 4.69) is 4.18 Å². The smallest absolute Gasteiger partial charge is 0.267 e. The van der Waals surface area contributed by atoms with E-state index in [9.17, 15) is 8.42 Å². The van der Waals surface area contributed by atoms with Gasteiger partial charge in [-0.25, -0.2) is 0 Å². The summed E-state index contributed by atoms with van der Waals surface area (Å²) in [4.78, 5) is 0. The monoisotopic (exact) mass is 138 g/mol. The van der Waals surface area contributed by atoms with Gasteiger partial charge in [-0.15, -0.1) is 0 Å². The van der Waals surface area contributed by atoms with Crippen molar-refractivity contribution in [1.29, 1.82) is 0 Å². The normalized spacial score (nSPS) is 11.8. The highest BCUT2D eigenvalue weighted by Crippen LogP contribution is 1.89. The predicted molar refractivity (Wildman–Crippen MR) is 31.1 cm³/mol. The zero-order chi connectivity index (χ0) is 6.62. The van der Waals surface area contributed by atoms with Crippen molar-refractivity contribution in [2.24, 2.45) is 0 Å². The molecule has 3 nitrogen and oxygen atoms in total. The Morgan fingerprint density at radius 2 is 1.88 bits per heavy atom. The summed E-state index contributed by atoms with van der Waals surface area (Å²) in [5, 5.41) is 0. The Labute approximate surface area is 49.8 Å². The van der Waals surface area contributed by atoms with Crippen LogP contribution in [0.3, 0.4) is 0 Å². The SMILES string of the molecule is CCOS(=O)(=O)CC. The van der Waals surface area contributed by atoms with E-state index in [1.165, 1.54) is 0 Å². The van der Waals surface area contributed by atoms with Crippen LogP contribution in [0.1, 0.15) is 13.8 Å². The molecule has 8 heavy (non-hydrogen) atoms. The molecule has 0 heterocycles. The maximum atomic E-state index is 10.4. The van der Waals surface area contributed by atoms with Crippen LogP contribution < -0.4 is 0 Å². The van der Waals surface area contributed by atoms with Crippen LogP contribution in [0.25, 0.3) is 0 Å². The third-order valence-corrected chi connectivity index (χ3v) is 1.95. The average molecular weight is 138 g/mol. The lowest BCUT2D eigenvalue weighted by Gasteiger charge is -1.95. The quantitative estimate of drug-likeness (QED) is 0.529. The standard InChI is InChI=1S/C4H10O3S/c1-3-7-8(5,6)4-2/h3-4H2,1-2H3. The van der Waals surface area contributed by atoms with E-state index in [0.717, 1.165) is 0 Å². The van der Waals surface area contributed by atoms with Gasteiger partial charge in [-0.2, -0.15) is 8.42 Å². The largest absolute Gasteiger partial charge is 0.270 e. The fraction of sp³-hybridized carbons (Fsp3) is 1.00. The van der Waals surface area contributed by atoms with Crippen molar-refractivity contribution >= 4 is 10.1 Å². The topological polar surface area (TPSA) is 43.4 Å². The van der Waals surface area contributed by atoms with Crippen molar-refractivity contribution in [3.05, 3.63) is 0 Å². The Morgan fingerprint density at radius 1 is 1.38 bits per heavy atom. The van der Waals surface area contributed by atoms with Gasteiger partial charge >= 0.3 is 0 Å². The minimum atomic E-state index is -3.17. The van der Waals surface area contributed by atoms with Gasteiger partial charge in [0.2, 0.25) is 0 Å². The first-order valence-electron chi connectivity index (χ1n) is 2.49. The Bertz CT molecular complexity index is 135. The Morgan fingerprint density at radius 3 is 2.00 bits per heavy atom. The molecule has 0 N–H and O–H groups in total. The molecule has 0 atom stereocenters. The molecule has 0 amide bonds. The summed E-state index contributed by atoms with van der Waals surface area (Å²) >= 11 is 0. The molecule has 0 saturated heterocycles. The van der Waals surface area contributed by atoms with Crippen LogP contribution in [-0.4, -0.2) is 20.8 Å². The van der Waals surface area contributed by atoms with Crippen LogP contribution in [0.5, 0.6) is 0 Å². The number of hydrogen-bond donors (Lipinski definition) is 0. The summed E-state index contributed by atoms with van der Waals surface area (Å²) in [6.45, 7) is 3.42. The maximum absolute atomic E-state index is 10.4. The Kier molecular flexibility index (Phi) is 3.01. The molecule has 0 aliphatic heterocycles. The predicted octanol–water partition coefficient (Wildman–Crippen LogP) is 0.373. The van der Waals surface area contributed by atoms with Crippen molar-refractivity contribution < 1.29 is 12.6 Å². The molecule has 0 saturated carbocycles. The summed E-state index contributed by atoms with van der Waals surface area (Å²) in [7, 11) is -3.17. The highest BCUT2D eigenvalue weighted by atomic mass is 32.2. The van der Waals surface area contributed by atoms with E-state index < -0.39 is 10.1 Å². The fourth-order valence-corrected chi connectivity index (χ4v) is 0.789. The molecule has 0 aromatic rings. The second-order valence-electron chi connectivity index (χ2n) is 1.25. The van der Waals surface area contributed by atoms with Crippen LogP contribution in [-0.2, 0) is 14.3 Å². The molecule has 0 radical (unpaired) electrons. The molecular formula is C4H10O3S. The second kappa shape index (κ2) is 3.04. The third-order valence-electron chi connectivity index (χ3n) is 0.651. The van der Waals surface area contributed by atoms with E-state index in [1.807, 2.05) is 0 Å². The molecule has 0 spiro atoms. The maximum Gasteiger partial charge on any atom is 0.267 e. The van der Waals surface area contributed by atoms with Gasteiger partial charge in [-0.05, 0) is 13.8 Å². The molecule has 0 unspecified atom stereocenters. The lowest BCUT2D eigenvalue weighted by Crippen LogP contribution is -2.06. The lowest BCUT2D eigenvalue weighted by molar-refractivity contribution is 0.339. The second-order valence-corrected chi connectivity index (χ2v) is 3.18. The van der Waals surface area contributed by atoms with Crippen LogP contribution in [0.2, 0.25) is 0 Å². The van der Waals surface area contributed by atoms with E-state index in [1.54, 1.807) is 13.8 Å². The first-order valence-corrected chi connectivity index (χ1v) is 4.07. The lowest BCUT2D eigenvalue weighted by atomic mass is 10.9. The molecule has 0 bridgehead atoms. The van der Waals surface area contributed by atoms with Crippen molar-refractivity contribution in [1.82, 2.24) is 0 Å². The van der Waals surface area contributed by atoms with Gasteiger partial charge in [-0.1, -0.05) is 0 Å². The number of hydrogen-bond acceptors (Lipinski definition) is 3. The summed E-state index contributed by atoms with van der Waals surface area (Å²) in [6, 6.07) is 0. The minimum Gasteiger partial charge on any atom is -0.270 e. The Hall–Kier alpha value is -0.0900. The van der Waals surface area contributed by atoms with Crippen LogP contribution >= 0.6 is 0 Å². The van der Waals surface area contributed by atoms with Gasteiger partial charge in [-0.3, -0.25) is 4.18 Å². The van der Waals surface area contributed by atoms with Crippen molar-refractivity contribution in [3.63, 3.8) is 0 Å². The molecule has 4 heteroatoms. The molecule has 0 aromatic carbocycles. The van der Waals surface area contributed by atoms with Gasteiger partial charge in [0, 0.05) is 0 Å². The van der Waals surface area contributed by atoms with E-state index in [-0.39, 0.29) is 12.4 Å². The minimum absolute atomic E-state index is 0.0564. The molecular weight excluding hydrogens is 128 g/mol. The molecule has 0 aromatic heterocycles. The average Bonchev–Trinajstić information content (AvgIpc) is 1.67. The van der Waals surface area contributed by atoms with Gasteiger partial charge in [0.25, 0.3) is 10.1 Å². The first-order chi connectivity index (χ1) is 3.62. The summed E-state index contributed by atoms with van der Waals surface area (Å²) < 4.78 is 25.1. The molecule has 50 valence electrons. The van der Waals surface area contributed by atoms with Crippen LogP contribution in [0, 0.1) is 0 Å². The zero-order valence-corrected chi connectivity index (χ0v) is 5.86. The van der Waals surface area contributed by atoms with Crippen molar-refractivity contribution in [2.45, 2.75) is 13.8 Å². The summed E-state index contributed by atoms with van der Waals surface area (Å²) in [6.07, 6.45) is 0. The highest BCUT2D eigenvalue weighted by molar-refractivity contribution is 7.86.